The molecule has 1 aromatic carbocycles. The highest BCUT2D eigenvalue weighted by Gasteiger charge is 2.38. The van der Waals surface area contributed by atoms with Gasteiger partial charge < -0.3 is 15.4 Å². The van der Waals surface area contributed by atoms with Crippen LogP contribution in [0.4, 0.5) is 4.79 Å². The van der Waals surface area contributed by atoms with Crippen molar-refractivity contribution < 1.29 is 14.3 Å². The van der Waals surface area contributed by atoms with Crippen LogP contribution >= 0.6 is 0 Å². The molecule has 17 heavy (non-hydrogen) atoms. The first kappa shape index (κ1) is 11.4. The second-order valence-electron chi connectivity index (χ2n) is 3.74. The Balaban J connectivity index is 2.20. The van der Waals surface area contributed by atoms with E-state index in [0.29, 0.717) is 6.61 Å². The van der Waals surface area contributed by atoms with Crippen molar-refractivity contribution in [2.45, 2.75) is 19.0 Å². The van der Waals surface area contributed by atoms with Crippen LogP contribution < -0.4 is 10.6 Å². The summed E-state index contributed by atoms with van der Waals surface area (Å²) in [5, 5.41) is 5.27. The number of urea groups is 1. The summed E-state index contributed by atoms with van der Waals surface area (Å²) in [6.45, 7) is 2.03. The van der Waals surface area contributed by atoms with Crippen LogP contribution in [0.25, 0.3) is 0 Å². The predicted octanol–water partition coefficient (Wildman–Crippen LogP) is 0.972. The molecule has 2 amide bonds. The highest BCUT2D eigenvalue weighted by molar-refractivity contribution is 5.88. The average Bonchev–Trinajstić information content (AvgIpc) is 2.73. The predicted molar refractivity (Wildman–Crippen MR) is 61.3 cm³/mol. The van der Waals surface area contributed by atoms with Gasteiger partial charge in [0.2, 0.25) is 0 Å². The van der Waals surface area contributed by atoms with Gasteiger partial charge in [-0.1, -0.05) is 30.3 Å². The molecule has 2 rings (SSSR count). The third-order valence-corrected chi connectivity index (χ3v) is 2.61. The summed E-state index contributed by atoms with van der Waals surface area (Å²) in [7, 11) is 0. The number of carbonyl (C=O) groups excluding carboxylic acids is 2. The molecule has 0 saturated carbocycles. The van der Waals surface area contributed by atoms with Crippen LogP contribution in [0.5, 0.6) is 0 Å². The first-order valence-electron chi connectivity index (χ1n) is 5.51. The first-order chi connectivity index (χ1) is 8.22. The number of amides is 2. The summed E-state index contributed by atoms with van der Waals surface area (Å²) in [5.41, 5.74) is 0.879. The first-order valence-corrected chi connectivity index (χ1v) is 5.51. The van der Waals surface area contributed by atoms with Crippen molar-refractivity contribution in [2.75, 3.05) is 6.61 Å². The van der Waals surface area contributed by atoms with E-state index in [1.165, 1.54) is 0 Å². The maximum Gasteiger partial charge on any atom is 0.331 e. The Kier molecular flexibility index (Phi) is 3.27. The molecule has 0 aliphatic carbocycles. The largest absolute Gasteiger partial charge is 0.464 e. The minimum Gasteiger partial charge on any atom is -0.464 e. The Morgan fingerprint density at radius 1 is 1.29 bits per heavy atom. The van der Waals surface area contributed by atoms with E-state index in [1.807, 2.05) is 30.3 Å². The number of carbonyl (C=O) groups is 2. The van der Waals surface area contributed by atoms with Crippen molar-refractivity contribution >= 4 is 12.0 Å². The van der Waals surface area contributed by atoms with Crippen LogP contribution in [0.2, 0.25) is 0 Å². The van der Waals surface area contributed by atoms with Crippen molar-refractivity contribution in [3.8, 4) is 0 Å². The van der Waals surface area contributed by atoms with E-state index < -0.39 is 12.0 Å². The Labute approximate surface area is 99.2 Å². The second-order valence-corrected chi connectivity index (χ2v) is 3.74. The van der Waals surface area contributed by atoms with Crippen molar-refractivity contribution in [3.05, 3.63) is 35.9 Å². The van der Waals surface area contributed by atoms with Crippen LogP contribution in [-0.4, -0.2) is 24.6 Å². The van der Waals surface area contributed by atoms with E-state index in [2.05, 4.69) is 10.6 Å². The molecule has 1 saturated heterocycles. The highest BCUT2D eigenvalue weighted by Crippen LogP contribution is 2.21. The Bertz CT molecular complexity index is 419. The monoisotopic (exact) mass is 234 g/mol. The quantitative estimate of drug-likeness (QED) is 0.766. The molecule has 90 valence electrons. The third kappa shape index (κ3) is 2.38. The number of benzene rings is 1. The maximum atomic E-state index is 11.7. The lowest BCUT2D eigenvalue weighted by Crippen LogP contribution is -2.37. The number of rotatable bonds is 3. The van der Waals surface area contributed by atoms with Gasteiger partial charge in [0.1, 0.15) is 0 Å². The van der Waals surface area contributed by atoms with Gasteiger partial charge in [-0.25, -0.2) is 9.59 Å². The summed E-state index contributed by atoms with van der Waals surface area (Å²) in [6, 6.07) is 7.95. The van der Waals surface area contributed by atoms with Gasteiger partial charge in [0, 0.05) is 0 Å². The molecule has 2 atom stereocenters. The summed E-state index contributed by atoms with van der Waals surface area (Å²) in [5.74, 6) is -0.417. The molecule has 1 fully saturated rings. The van der Waals surface area contributed by atoms with Crippen LogP contribution in [0.15, 0.2) is 30.3 Å². The minimum absolute atomic E-state index is 0.298. The summed E-state index contributed by atoms with van der Waals surface area (Å²) >= 11 is 0. The Morgan fingerprint density at radius 2 is 2.00 bits per heavy atom. The van der Waals surface area contributed by atoms with Crippen LogP contribution in [0.3, 0.4) is 0 Å². The van der Waals surface area contributed by atoms with E-state index in [1.54, 1.807) is 6.92 Å². The Hall–Kier alpha value is -2.04. The molecule has 0 aromatic heterocycles. The van der Waals surface area contributed by atoms with Gasteiger partial charge in [-0.3, -0.25) is 0 Å². The molecule has 5 heteroatoms. The minimum atomic E-state index is -0.662. The fraction of sp³-hybridized carbons (Fsp3) is 0.333. The number of hydrogen-bond donors (Lipinski definition) is 2. The molecule has 5 nitrogen and oxygen atoms in total. The van der Waals surface area contributed by atoms with Crippen LogP contribution in [0, 0.1) is 0 Å². The molecule has 0 radical (unpaired) electrons. The molecule has 1 aromatic rings. The topological polar surface area (TPSA) is 67.4 Å². The normalized spacial score (nSPS) is 22.8. The average molecular weight is 234 g/mol. The molecule has 0 spiro atoms. The SMILES string of the molecule is CCOC(=O)C1NC(=O)NC1c1ccccc1. The number of esters is 1. The fourth-order valence-corrected chi connectivity index (χ4v) is 1.85. The molecular weight excluding hydrogens is 220 g/mol. The molecule has 1 aliphatic rings. The fourth-order valence-electron chi connectivity index (χ4n) is 1.85. The zero-order valence-electron chi connectivity index (χ0n) is 9.47. The second kappa shape index (κ2) is 4.86. The van der Waals surface area contributed by atoms with Gasteiger partial charge in [0.05, 0.1) is 12.6 Å². The molecule has 1 aliphatic heterocycles. The van der Waals surface area contributed by atoms with Gasteiger partial charge in [-0.2, -0.15) is 0 Å². The molecular formula is C12H14N2O3. The van der Waals surface area contributed by atoms with Gasteiger partial charge in [-0.15, -0.1) is 0 Å². The van der Waals surface area contributed by atoms with Crippen molar-refractivity contribution in [3.63, 3.8) is 0 Å². The van der Waals surface area contributed by atoms with Gasteiger partial charge in [-0.05, 0) is 12.5 Å². The van der Waals surface area contributed by atoms with Crippen molar-refractivity contribution in [2.24, 2.45) is 0 Å². The third-order valence-electron chi connectivity index (χ3n) is 2.61. The van der Waals surface area contributed by atoms with Gasteiger partial charge >= 0.3 is 12.0 Å². The van der Waals surface area contributed by atoms with E-state index in [4.69, 9.17) is 4.74 Å². The lowest BCUT2D eigenvalue weighted by atomic mass is 10.0. The summed E-state index contributed by atoms with van der Waals surface area (Å²) in [6.07, 6.45) is 0. The van der Waals surface area contributed by atoms with Crippen molar-refractivity contribution in [1.82, 2.24) is 10.6 Å². The molecule has 0 bridgehead atoms. The number of hydrogen-bond acceptors (Lipinski definition) is 3. The maximum absolute atomic E-state index is 11.7. The van der Waals surface area contributed by atoms with E-state index in [9.17, 15) is 9.59 Å². The zero-order chi connectivity index (χ0) is 12.3. The van der Waals surface area contributed by atoms with E-state index >= 15 is 0 Å². The summed E-state index contributed by atoms with van der Waals surface area (Å²) in [4.78, 5) is 23.0. The zero-order valence-corrected chi connectivity index (χ0v) is 9.47. The number of nitrogens with one attached hydrogen (secondary N) is 2. The van der Waals surface area contributed by atoms with Gasteiger partial charge in [0.15, 0.2) is 6.04 Å². The van der Waals surface area contributed by atoms with Gasteiger partial charge in [0.25, 0.3) is 0 Å². The van der Waals surface area contributed by atoms with E-state index in [0.717, 1.165) is 5.56 Å². The summed E-state index contributed by atoms with van der Waals surface area (Å²) < 4.78 is 4.93. The lowest BCUT2D eigenvalue weighted by molar-refractivity contribution is -0.145. The Morgan fingerprint density at radius 3 is 2.65 bits per heavy atom. The van der Waals surface area contributed by atoms with Crippen molar-refractivity contribution in [1.29, 1.82) is 0 Å². The smallest absolute Gasteiger partial charge is 0.331 e. The van der Waals surface area contributed by atoms with Crippen LogP contribution in [-0.2, 0) is 9.53 Å². The molecule has 2 unspecified atom stereocenters. The highest BCUT2D eigenvalue weighted by atomic mass is 16.5. The molecule has 2 N–H and O–H groups in total. The number of ether oxygens (including phenoxy) is 1. The van der Waals surface area contributed by atoms with Crippen LogP contribution in [0.1, 0.15) is 18.5 Å². The van der Waals surface area contributed by atoms with E-state index in [-0.39, 0.29) is 12.1 Å². The molecule has 1 heterocycles. The standard InChI is InChI=1S/C12H14N2O3/c1-2-17-11(15)10-9(13-12(16)14-10)8-6-4-3-5-7-8/h3-7,9-10H,2H2,1H3,(H2,13,14,16). The lowest BCUT2D eigenvalue weighted by Gasteiger charge is -2.16.